The second-order valence-corrected chi connectivity index (χ2v) is 5.32. The number of rotatable bonds is 8. The smallest absolute Gasteiger partial charge is 0.319 e. The van der Waals surface area contributed by atoms with Crippen LogP contribution in [0.1, 0.15) is 25.3 Å². The van der Waals surface area contributed by atoms with Crippen LogP contribution in [0.4, 0.5) is 16.3 Å². The molecule has 0 fully saturated rings. The molecule has 5 nitrogen and oxygen atoms in total. The van der Waals surface area contributed by atoms with Crippen LogP contribution in [0.5, 0.6) is 0 Å². The van der Waals surface area contributed by atoms with Gasteiger partial charge in [-0.25, -0.2) is 9.78 Å². The summed E-state index contributed by atoms with van der Waals surface area (Å²) >= 11 is 0. The monoisotopic (exact) mass is 312 g/mol. The molecular formula is C18H24N4O. The zero-order valence-corrected chi connectivity index (χ0v) is 13.5. The van der Waals surface area contributed by atoms with E-state index in [1.54, 1.807) is 6.20 Å². The second-order valence-electron chi connectivity index (χ2n) is 5.32. The number of aromatic nitrogens is 1. The fraction of sp³-hybridized carbons (Fsp3) is 0.333. The van der Waals surface area contributed by atoms with Gasteiger partial charge in [-0.2, -0.15) is 0 Å². The Kier molecular flexibility index (Phi) is 6.91. The third-order valence-corrected chi connectivity index (χ3v) is 3.36. The van der Waals surface area contributed by atoms with Gasteiger partial charge in [0.2, 0.25) is 0 Å². The van der Waals surface area contributed by atoms with E-state index in [0.717, 1.165) is 37.3 Å². The van der Waals surface area contributed by atoms with Crippen molar-refractivity contribution in [2.24, 2.45) is 0 Å². The Morgan fingerprint density at radius 1 is 1.09 bits per heavy atom. The molecule has 3 N–H and O–H groups in total. The summed E-state index contributed by atoms with van der Waals surface area (Å²) in [5.74, 6) is 0.851. The van der Waals surface area contributed by atoms with Gasteiger partial charge >= 0.3 is 6.03 Å². The first-order valence-electron chi connectivity index (χ1n) is 8.06. The van der Waals surface area contributed by atoms with Gasteiger partial charge in [-0.3, -0.25) is 0 Å². The Bertz CT molecular complexity index is 584. The lowest BCUT2D eigenvalue weighted by molar-refractivity contribution is 0.252. The Labute approximate surface area is 137 Å². The molecule has 0 saturated heterocycles. The Balaban J connectivity index is 1.61. The molecule has 0 aliphatic carbocycles. The second kappa shape index (κ2) is 9.46. The molecule has 0 aliphatic heterocycles. The number of hydrogen-bond donors (Lipinski definition) is 3. The summed E-state index contributed by atoms with van der Waals surface area (Å²) in [5, 5.41) is 8.89. The molecule has 23 heavy (non-hydrogen) atoms. The van der Waals surface area contributed by atoms with Crippen LogP contribution in [0, 0.1) is 0 Å². The highest BCUT2D eigenvalue weighted by Crippen LogP contribution is 2.10. The Hall–Kier alpha value is -2.56. The quantitative estimate of drug-likeness (QED) is 0.652. The van der Waals surface area contributed by atoms with Crippen molar-refractivity contribution in [2.75, 3.05) is 23.7 Å². The van der Waals surface area contributed by atoms with Gasteiger partial charge in [-0.05, 0) is 42.7 Å². The molecule has 2 amide bonds. The number of amides is 2. The minimum Gasteiger partial charge on any atom is -0.370 e. The first-order chi connectivity index (χ1) is 11.3. The van der Waals surface area contributed by atoms with E-state index in [2.05, 4.69) is 40.0 Å². The van der Waals surface area contributed by atoms with Crippen molar-refractivity contribution in [3.63, 3.8) is 0 Å². The fourth-order valence-corrected chi connectivity index (χ4v) is 2.19. The maximum Gasteiger partial charge on any atom is 0.319 e. The molecule has 0 radical (unpaired) electrons. The Morgan fingerprint density at radius 2 is 1.91 bits per heavy atom. The molecule has 2 rings (SSSR count). The van der Waals surface area contributed by atoms with Gasteiger partial charge in [0.1, 0.15) is 5.82 Å². The standard InChI is InChI=1S/C18H24N4O/c1-2-6-15-8-10-16(11-9-15)22-18(23)21-14-5-13-20-17-7-3-4-12-19-17/h3-4,7-12H,2,5-6,13-14H2,1H3,(H,19,20)(H2,21,22,23). The van der Waals surface area contributed by atoms with Crippen molar-refractivity contribution in [1.29, 1.82) is 0 Å². The molecule has 1 aromatic heterocycles. The molecule has 0 saturated carbocycles. The van der Waals surface area contributed by atoms with Crippen molar-refractivity contribution in [3.8, 4) is 0 Å². The first-order valence-corrected chi connectivity index (χ1v) is 8.06. The highest BCUT2D eigenvalue weighted by Gasteiger charge is 2.01. The lowest BCUT2D eigenvalue weighted by Gasteiger charge is -2.09. The van der Waals surface area contributed by atoms with Gasteiger partial charge in [0.15, 0.2) is 0 Å². The largest absolute Gasteiger partial charge is 0.370 e. The molecule has 0 unspecified atom stereocenters. The van der Waals surface area contributed by atoms with Crippen molar-refractivity contribution in [2.45, 2.75) is 26.2 Å². The van der Waals surface area contributed by atoms with Gasteiger partial charge in [0, 0.05) is 25.0 Å². The van der Waals surface area contributed by atoms with Crippen molar-refractivity contribution in [3.05, 3.63) is 54.2 Å². The highest BCUT2D eigenvalue weighted by atomic mass is 16.2. The van der Waals surface area contributed by atoms with E-state index >= 15 is 0 Å². The SMILES string of the molecule is CCCc1ccc(NC(=O)NCCCNc2ccccn2)cc1. The summed E-state index contributed by atoms with van der Waals surface area (Å²) in [7, 11) is 0. The molecule has 0 atom stereocenters. The van der Waals surface area contributed by atoms with Crippen LogP contribution in [0.15, 0.2) is 48.7 Å². The van der Waals surface area contributed by atoms with E-state index in [1.165, 1.54) is 5.56 Å². The van der Waals surface area contributed by atoms with Gasteiger partial charge in [-0.1, -0.05) is 31.5 Å². The number of urea groups is 1. The van der Waals surface area contributed by atoms with Crippen molar-refractivity contribution < 1.29 is 4.79 Å². The number of benzene rings is 1. The van der Waals surface area contributed by atoms with E-state index in [1.807, 2.05) is 30.3 Å². The normalized spacial score (nSPS) is 10.1. The van der Waals surface area contributed by atoms with Gasteiger partial charge in [-0.15, -0.1) is 0 Å². The minimum absolute atomic E-state index is 0.175. The van der Waals surface area contributed by atoms with Gasteiger partial charge < -0.3 is 16.0 Å². The lowest BCUT2D eigenvalue weighted by atomic mass is 10.1. The zero-order valence-electron chi connectivity index (χ0n) is 13.5. The number of nitrogens with zero attached hydrogens (tertiary/aromatic N) is 1. The lowest BCUT2D eigenvalue weighted by Crippen LogP contribution is -2.30. The number of nitrogens with one attached hydrogen (secondary N) is 3. The van der Waals surface area contributed by atoms with Crippen LogP contribution in [-0.4, -0.2) is 24.1 Å². The fourth-order valence-electron chi connectivity index (χ4n) is 2.19. The van der Waals surface area contributed by atoms with E-state index < -0.39 is 0 Å². The Morgan fingerprint density at radius 3 is 2.61 bits per heavy atom. The number of pyridine rings is 1. The zero-order chi connectivity index (χ0) is 16.3. The van der Waals surface area contributed by atoms with E-state index in [-0.39, 0.29) is 6.03 Å². The number of carbonyl (C=O) groups excluding carboxylic acids is 1. The van der Waals surface area contributed by atoms with E-state index in [9.17, 15) is 4.79 Å². The summed E-state index contributed by atoms with van der Waals surface area (Å²) in [4.78, 5) is 16.0. The average Bonchev–Trinajstić information content (AvgIpc) is 2.57. The van der Waals surface area contributed by atoms with Crippen LogP contribution in [-0.2, 0) is 6.42 Å². The van der Waals surface area contributed by atoms with Gasteiger partial charge in [0.05, 0.1) is 0 Å². The number of hydrogen-bond acceptors (Lipinski definition) is 3. The maximum atomic E-state index is 11.8. The molecule has 0 bridgehead atoms. The third-order valence-electron chi connectivity index (χ3n) is 3.36. The predicted molar refractivity (Wildman–Crippen MR) is 94.8 cm³/mol. The van der Waals surface area contributed by atoms with Gasteiger partial charge in [0.25, 0.3) is 0 Å². The average molecular weight is 312 g/mol. The van der Waals surface area contributed by atoms with Crippen LogP contribution in [0.3, 0.4) is 0 Å². The molecule has 5 heteroatoms. The van der Waals surface area contributed by atoms with Crippen molar-refractivity contribution in [1.82, 2.24) is 10.3 Å². The molecule has 1 heterocycles. The molecule has 0 spiro atoms. The third kappa shape index (κ3) is 6.38. The molecule has 122 valence electrons. The molecule has 2 aromatic rings. The summed E-state index contributed by atoms with van der Waals surface area (Å²) in [6, 6.07) is 13.5. The maximum absolute atomic E-state index is 11.8. The molecular weight excluding hydrogens is 288 g/mol. The van der Waals surface area contributed by atoms with Crippen molar-refractivity contribution >= 4 is 17.5 Å². The number of aryl methyl sites for hydroxylation is 1. The summed E-state index contributed by atoms with van der Waals surface area (Å²) < 4.78 is 0. The molecule has 1 aromatic carbocycles. The minimum atomic E-state index is -0.175. The summed E-state index contributed by atoms with van der Waals surface area (Å²) in [6.07, 6.45) is 4.77. The first kappa shape index (κ1) is 16.8. The predicted octanol–water partition coefficient (Wildman–Crippen LogP) is 3.66. The van der Waals surface area contributed by atoms with E-state index in [0.29, 0.717) is 6.54 Å². The number of anilines is 2. The van der Waals surface area contributed by atoms with E-state index in [4.69, 9.17) is 0 Å². The summed E-state index contributed by atoms with van der Waals surface area (Å²) in [5.41, 5.74) is 2.10. The molecule has 0 aliphatic rings. The van der Waals surface area contributed by atoms with Crippen LogP contribution in [0.2, 0.25) is 0 Å². The summed E-state index contributed by atoms with van der Waals surface area (Å²) in [6.45, 7) is 3.53. The highest BCUT2D eigenvalue weighted by molar-refractivity contribution is 5.89. The number of carbonyl (C=O) groups is 1. The van der Waals surface area contributed by atoms with Crippen LogP contribution in [0.25, 0.3) is 0 Å². The van der Waals surface area contributed by atoms with Crippen LogP contribution < -0.4 is 16.0 Å². The van der Waals surface area contributed by atoms with Crippen LogP contribution >= 0.6 is 0 Å². The topological polar surface area (TPSA) is 66.1 Å².